The first-order chi connectivity index (χ1) is 8.70. The third kappa shape index (κ3) is 3.00. The number of aryl methyl sites for hydroxylation is 2. The lowest BCUT2D eigenvalue weighted by atomic mass is 10.1. The van der Waals surface area contributed by atoms with Crippen LogP contribution in [0.1, 0.15) is 28.5 Å². The van der Waals surface area contributed by atoms with Crippen LogP contribution in [-0.4, -0.2) is 11.7 Å². The summed E-state index contributed by atoms with van der Waals surface area (Å²) in [6.07, 6.45) is 1.62. The quantitative estimate of drug-likeness (QED) is 0.851. The Hall–Kier alpha value is -1.58. The van der Waals surface area contributed by atoms with Gasteiger partial charge in [-0.1, -0.05) is 23.8 Å². The van der Waals surface area contributed by atoms with Crippen molar-refractivity contribution in [3.63, 3.8) is 0 Å². The summed E-state index contributed by atoms with van der Waals surface area (Å²) in [5.74, 6) is 0.766. The fraction of sp³-hybridized carbons (Fsp3) is 0.333. The van der Waals surface area contributed by atoms with Gasteiger partial charge in [0.2, 0.25) is 0 Å². The van der Waals surface area contributed by atoms with Crippen molar-refractivity contribution < 1.29 is 9.52 Å². The summed E-state index contributed by atoms with van der Waals surface area (Å²) in [5.41, 5.74) is 3.77. The lowest BCUT2D eigenvalue weighted by molar-refractivity contribution is 0.225. The van der Waals surface area contributed by atoms with Gasteiger partial charge in [-0.2, -0.15) is 0 Å². The van der Waals surface area contributed by atoms with Crippen LogP contribution >= 0.6 is 0 Å². The van der Waals surface area contributed by atoms with Gasteiger partial charge >= 0.3 is 0 Å². The molecule has 18 heavy (non-hydrogen) atoms. The molecule has 2 aromatic rings. The Morgan fingerprint density at radius 3 is 2.72 bits per heavy atom. The van der Waals surface area contributed by atoms with Crippen molar-refractivity contribution in [2.24, 2.45) is 0 Å². The molecule has 0 aliphatic rings. The minimum Gasteiger partial charge on any atom is -0.468 e. The molecule has 3 nitrogen and oxygen atoms in total. The fourth-order valence-electron chi connectivity index (χ4n) is 2.02. The Morgan fingerprint density at radius 2 is 2.11 bits per heavy atom. The van der Waals surface area contributed by atoms with Crippen LogP contribution in [0.25, 0.3) is 0 Å². The van der Waals surface area contributed by atoms with E-state index in [0.717, 1.165) is 12.3 Å². The lowest BCUT2D eigenvalue weighted by Crippen LogP contribution is -2.23. The molecule has 2 N–H and O–H groups in total. The van der Waals surface area contributed by atoms with Gasteiger partial charge in [-0.3, -0.25) is 0 Å². The van der Waals surface area contributed by atoms with Gasteiger partial charge in [0.1, 0.15) is 5.76 Å². The molecule has 0 radical (unpaired) electrons. The minimum atomic E-state index is -0.152. The van der Waals surface area contributed by atoms with Crippen LogP contribution in [0.4, 0.5) is 0 Å². The maximum absolute atomic E-state index is 9.37. The van der Waals surface area contributed by atoms with E-state index in [1.54, 1.807) is 6.26 Å². The van der Waals surface area contributed by atoms with E-state index in [4.69, 9.17) is 4.42 Å². The van der Waals surface area contributed by atoms with Crippen molar-refractivity contribution in [1.29, 1.82) is 0 Å². The van der Waals surface area contributed by atoms with Crippen LogP contribution in [0, 0.1) is 13.8 Å². The van der Waals surface area contributed by atoms with Gasteiger partial charge in [-0.15, -0.1) is 0 Å². The Morgan fingerprint density at radius 1 is 1.28 bits per heavy atom. The normalized spacial score (nSPS) is 12.6. The molecule has 0 aliphatic heterocycles. The first-order valence-electron chi connectivity index (χ1n) is 6.14. The molecule has 3 heteroatoms. The number of rotatable bonds is 5. The van der Waals surface area contributed by atoms with Gasteiger partial charge in [0.05, 0.1) is 18.9 Å². The van der Waals surface area contributed by atoms with Crippen molar-refractivity contribution in [2.45, 2.75) is 26.4 Å². The topological polar surface area (TPSA) is 45.4 Å². The van der Waals surface area contributed by atoms with Gasteiger partial charge in [0.25, 0.3) is 0 Å². The summed E-state index contributed by atoms with van der Waals surface area (Å²) in [4.78, 5) is 0. The van der Waals surface area contributed by atoms with Crippen LogP contribution in [0.3, 0.4) is 0 Å². The van der Waals surface area contributed by atoms with Crippen molar-refractivity contribution >= 4 is 0 Å². The highest BCUT2D eigenvalue weighted by Gasteiger charge is 2.12. The van der Waals surface area contributed by atoms with Gasteiger partial charge in [0.15, 0.2) is 0 Å². The van der Waals surface area contributed by atoms with E-state index in [2.05, 4.69) is 37.4 Å². The minimum absolute atomic E-state index is 0.0262. The average molecular weight is 245 g/mol. The Bertz CT molecular complexity index is 491. The van der Waals surface area contributed by atoms with E-state index in [-0.39, 0.29) is 12.6 Å². The standard InChI is InChI=1S/C15H19NO2/c1-11-5-6-13(12(2)8-11)9-16-14(10-17)15-4-3-7-18-15/h3-8,14,16-17H,9-10H2,1-2H3. The van der Waals surface area contributed by atoms with Crippen LogP contribution in [0.5, 0.6) is 0 Å². The summed E-state index contributed by atoms with van der Waals surface area (Å²) < 4.78 is 5.30. The highest BCUT2D eigenvalue weighted by atomic mass is 16.3. The number of hydrogen-bond donors (Lipinski definition) is 2. The summed E-state index contributed by atoms with van der Waals surface area (Å²) in [7, 11) is 0. The highest BCUT2D eigenvalue weighted by molar-refractivity contribution is 5.30. The molecule has 1 heterocycles. The predicted molar refractivity (Wildman–Crippen MR) is 71.3 cm³/mol. The second kappa shape index (κ2) is 5.85. The molecule has 0 saturated carbocycles. The van der Waals surface area contributed by atoms with Gasteiger partial charge in [0, 0.05) is 6.54 Å². The maximum atomic E-state index is 9.37. The number of hydrogen-bond acceptors (Lipinski definition) is 3. The highest BCUT2D eigenvalue weighted by Crippen LogP contribution is 2.15. The largest absolute Gasteiger partial charge is 0.468 e. The lowest BCUT2D eigenvalue weighted by Gasteiger charge is -2.15. The van der Waals surface area contributed by atoms with Crippen molar-refractivity contribution in [1.82, 2.24) is 5.32 Å². The first kappa shape index (κ1) is 12.9. The average Bonchev–Trinajstić information content (AvgIpc) is 2.86. The number of benzene rings is 1. The monoisotopic (exact) mass is 245 g/mol. The molecule has 1 aromatic heterocycles. The van der Waals surface area contributed by atoms with E-state index >= 15 is 0 Å². The van der Waals surface area contributed by atoms with Crippen LogP contribution in [0.2, 0.25) is 0 Å². The first-order valence-corrected chi connectivity index (χ1v) is 6.14. The summed E-state index contributed by atoms with van der Waals surface area (Å²) in [5, 5.41) is 12.7. The number of aliphatic hydroxyl groups is 1. The van der Waals surface area contributed by atoms with Crippen LogP contribution < -0.4 is 5.32 Å². The Balaban J connectivity index is 2.02. The van der Waals surface area contributed by atoms with E-state index in [9.17, 15) is 5.11 Å². The van der Waals surface area contributed by atoms with Crippen molar-refractivity contribution in [2.75, 3.05) is 6.61 Å². The van der Waals surface area contributed by atoms with Crippen molar-refractivity contribution in [3.8, 4) is 0 Å². The van der Waals surface area contributed by atoms with Gasteiger partial charge in [-0.25, -0.2) is 0 Å². The zero-order valence-electron chi connectivity index (χ0n) is 10.8. The summed E-state index contributed by atoms with van der Waals surface area (Å²) >= 11 is 0. The molecule has 0 fully saturated rings. The molecule has 1 atom stereocenters. The summed E-state index contributed by atoms with van der Waals surface area (Å²) in [6, 6.07) is 9.93. The maximum Gasteiger partial charge on any atom is 0.123 e. The fourth-order valence-corrected chi connectivity index (χ4v) is 2.02. The number of aliphatic hydroxyl groups excluding tert-OH is 1. The number of nitrogens with one attached hydrogen (secondary N) is 1. The molecule has 0 saturated heterocycles. The number of furan rings is 1. The Labute approximate surface area is 107 Å². The molecule has 0 bridgehead atoms. The third-order valence-corrected chi connectivity index (χ3v) is 3.11. The predicted octanol–water partition coefficient (Wildman–Crippen LogP) is 2.72. The molecule has 1 aromatic carbocycles. The molecule has 1 unspecified atom stereocenters. The molecule has 0 spiro atoms. The molecule has 2 rings (SSSR count). The van der Waals surface area contributed by atoms with Crippen LogP contribution in [-0.2, 0) is 6.54 Å². The second-order valence-electron chi connectivity index (χ2n) is 4.56. The molecule has 0 amide bonds. The molecular formula is C15H19NO2. The van der Waals surface area contributed by atoms with Crippen molar-refractivity contribution in [3.05, 3.63) is 59.0 Å². The van der Waals surface area contributed by atoms with Crippen LogP contribution in [0.15, 0.2) is 41.0 Å². The smallest absolute Gasteiger partial charge is 0.123 e. The zero-order valence-corrected chi connectivity index (χ0v) is 10.8. The van der Waals surface area contributed by atoms with Gasteiger partial charge < -0.3 is 14.8 Å². The van der Waals surface area contributed by atoms with E-state index in [1.807, 2.05) is 12.1 Å². The van der Waals surface area contributed by atoms with E-state index < -0.39 is 0 Å². The Kier molecular flexibility index (Phi) is 4.18. The molecule has 96 valence electrons. The zero-order chi connectivity index (χ0) is 13.0. The molecular weight excluding hydrogens is 226 g/mol. The third-order valence-electron chi connectivity index (χ3n) is 3.11. The second-order valence-corrected chi connectivity index (χ2v) is 4.56. The SMILES string of the molecule is Cc1ccc(CNC(CO)c2ccco2)c(C)c1. The summed E-state index contributed by atoms with van der Waals surface area (Å²) in [6.45, 7) is 4.94. The van der Waals surface area contributed by atoms with E-state index in [1.165, 1.54) is 16.7 Å². The van der Waals surface area contributed by atoms with E-state index in [0.29, 0.717) is 0 Å². The molecule has 0 aliphatic carbocycles. The van der Waals surface area contributed by atoms with Gasteiger partial charge in [-0.05, 0) is 37.1 Å².